The van der Waals surface area contributed by atoms with Crippen molar-refractivity contribution in [3.05, 3.63) is 59.7 Å². The number of para-hydroxylation sites is 1. The molecule has 0 unspecified atom stereocenters. The van der Waals surface area contributed by atoms with Gasteiger partial charge in [0, 0.05) is 24.1 Å². The van der Waals surface area contributed by atoms with Crippen LogP contribution >= 0.6 is 11.8 Å². The molecule has 1 aliphatic rings. The van der Waals surface area contributed by atoms with Gasteiger partial charge in [-0.25, -0.2) is 0 Å². The molecule has 0 fully saturated rings. The van der Waals surface area contributed by atoms with Crippen LogP contribution < -0.4 is 4.90 Å². The van der Waals surface area contributed by atoms with Gasteiger partial charge in [-0.3, -0.25) is 9.59 Å². The number of hydrogen-bond acceptors (Lipinski definition) is 3. The first-order chi connectivity index (χ1) is 10.9. The van der Waals surface area contributed by atoms with E-state index in [1.165, 1.54) is 11.8 Å². The SMILES string of the molecule is Cc1ccccc1SC(=O)C[C@]1(C)C(=O)N(C)c2ccccc21. The Morgan fingerprint density at radius 3 is 2.52 bits per heavy atom. The summed E-state index contributed by atoms with van der Waals surface area (Å²) in [4.78, 5) is 27.9. The number of likely N-dealkylation sites (N-methyl/N-ethyl adjacent to an activating group) is 1. The number of fused-ring (bicyclic) bond motifs is 1. The molecule has 0 spiro atoms. The number of aryl methyl sites for hydroxylation is 1. The van der Waals surface area contributed by atoms with E-state index >= 15 is 0 Å². The summed E-state index contributed by atoms with van der Waals surface area (Å²) in [5, 5.41) is 0.0141. The van der Waals surface area contributed by atoms with Crippen molar-refractivity contribution in [2.45, 2.75) is 30.6 Å². The summed E-state index contributed by atoms with van der Waals surface area (Å²) in [6, 6.07) is 15.5. The largest absolute Gasteiger partial charge is 0.314 e. The monoisotopic (exact) mass is 325 g/mol. The molecule has 2 aromatic rings. The zero-order valence-electron chi connectivity index (χ0n) is 13.5. The molecule has 3 nitrogen and oxygen atoms in total. The van der Waals surface area contributed by atoms with Gasteiger partial charge in [0.2, 0.25) is 5.91 Å². The molecule has 0 aliphatic carbocycles. The van der Waals surface area contributed by atoms with Gasteiger partial charge in [-0.05, 0) is 37.1 Å². The van der Waals surface area contributed by atoms with Crippen LogP contribution in [-0.2, 0) is 15.0 Å². The Bertz CT molecular complexity index is 786. The van der Waals surface area contributed by atoms with Crippen LogP contribution in [-0.4, -0.2) is 18.1 Å². The number of carbonyl (C=O) groups is 2. The van der Waals surface area contributed by atoms with Crippen molar-refractivity contribution >= 4 is 28.5 Å². The average Bonchev–Trinajstić information content (AvgIpc) is 2.72. The normalized spacial score (nSPS) is 19.8. The van der Waals surface area contributed by atoms with E-state index in [-0.39, 0.29) is 17.4 Å². The summed E-state index contributed by atoms with van der Waals surface area (Å²) < 4.78 is 0. The molecule has 4 heteroatoms. The summed E-state index contributed by atoms with van der Waals surface area (Å²) >= 11 is 1.22. The topological polar surface area (TPSA) is 37.4 Å². The Kier molecular flexibility index (Phi) is 4.02. The van der Waals surface area contributed by atoms with Crippen LogP contribution in [0.4, 0.5) is 5.69 Å². The Labute approximate surface area is 140 Å². The number of nitrogens with zero attached hydrogens (tertiary/aromatic N) is 1. The standard InChI is InChI=1S/C19H19NO2S/c1-13-8-4-7-11-16(13)23-17(21)12-19(2)14-9-5-6-10-15(14)20(3)18(19)22/h4-11H,12H2,1-3H3/t19-/m0/s1. The first-order valence-corrected chi connectivity index (χ1v) is 8.39. The summed E-state index contributed by atoms with van der Waals surface area (Å²) in [6.45, 7) is 3.86. The highest BCUT2D eigenvalue weighted by Gasteiger charge is 2.47. The number of amides is 1. The second-order valence-corrected chi connectivity index (χ2v) is 7.23. The van der Waals surface area contributed by atoms with Crippen LogP contribution in [0.2, 0.25) is 0 Å². The van der Waals surface area contributed by atoms with Gasteiger partial charge in [-0.2, -0.15) is 0 Å². The summed E-state index contributed by atoms with van der Waals surface area (Å²) in [7, 11) is 1.77. The van der Waals surface area contributed by atoms with Gasteiger partial charge in [-0.1, -0.05) is 48.2 Å². The third-order valence-electron chi connectivity index (χ3n) is 4.45. The van der Waals surface area contributed by atoms with Crippen LogP contribution in [0.1, 0.15) is 24.5 Å². The lowest BCUT2D eigenvalue weighted by molar-refractivity contribution is -0.125. The van der Waals surface area contributed by atoms with Crippen molar-refractivity contribution in [1.82, 2.24) is 0 Å². The molecule has 1 amide bonds. The predicted molar refractivity (Wildman–Crippen MR) is 93.9 cm³/mol. The van der Waals surface area contributed by atoms with Crippen LogP contribution in [0.5, 0.6) is 0 Å². The van der Waals surface area contributed by atoms with E-state index in [9.17, 15) is 9.59 Å². The Morgan fingerprint density at radius 1 is 1.13 bits per heavy atom. The highest BCUT2D eigenvalue weighted by molar-refractivity contribution is 8.13. The minimum absolute atomic E-state index is 0.0141. The van der Waals surface area contributed by atoms with Crippen molar-refractivity contribution in [3.8, 4) is 0 Å². The molecule has 23 heavy (non-hydrogen) atoms. The van der Waals surface area contributed by atoms with Gasteiger partial charge in [0.1, 0.15) is 0 Å². The molecule has 118 valence electrons. The fraction of sp³-hybridized carbons (Fsp3) is 0.263. The number of anilines is 1. The molecule has 0 saturated heterocycles. The van der Waals surface area contributed by atoms with E-state index in [1.807, 2.05) is 62.4 Å². The third kappa shape index (κ3) is 2.68. The molecule has 1 heterocycles. The quantitative estimate of drug-likeness (QED) is 0.802. The van der Waals surface area contributed by atoms with E-state index in [1.54, 1.807) is 11.9 Å². The average molecular weight is 325 g/mol. The molecule has 3 rings (SSSR count). The zero-order valence-corrected chi connectivity index (χ0v) is 14.3. The van der Waals surface area contributed by atoms with Gasteiger partial charge < -0.3 is 4.90 Å². The molecule has 0 N–H and O–H groups in total. The van der Waals surface area contributed by atoms with Crippen LogP contribution in [0.25, 0.3) is 0 Å². The molecule has 2 aromatic carbocycles. The molecule has 1 aliphatic heterocycles. The molecule has 0 radical (unpaired) electrons. The molecular formula is C19H19NO2S. The minimum Gasteiger partial charge on any atom is -0.314 e. The van der Waals surface area contributed by atoms with Gasteiger partial charge in [0.25, 0.3) is 0 Å². The number of rotatable bonds is 3. The smallest absolute Gasteiger partial charge is 0.237 e. The zero-order chi connectivity index (χ0) is 16.6. The lowest BCUT2D eigenvalue weighted by Crippen LogP contribution is -2.37. The number of thioether (sulfide) groups is 1. The maximum Gasteiger partial charge on any atom is 0.237 e. The van der Waals surface area contributed by atoms with Crippen LogP contribution in [0, 0.1) is 6.92 Å². The summed E-state index contributed by atoms with van der Waals surface area (Å²) in [6.07, 6.45) is 0.201. The van der Waals surface area contributed by atoms with Gasteiger partial charge in [0.05, 0.1) is 5.41 Å². The van der Waals surface area contributed by atoms with E-state index in [2.05, 4.69) is 0 Å². The Hall–Kier alpha value is -2.07. The van der Waals surface area contributed by atoms with E-state index in [0.29, 0.717) is 0 Å². The fourth-order valence-electron chi connectivity index (χ4n) is 3.12. The molecule has 1 atom stereocenters. The van der Waals surface area contributed by atoms with Gasteiger partial charge in [0.15, 0.2) is 5.12 Å². The first kappa shape index (κ1) is 15.8. The van der Waals surface area contributed by atoms with Crippen molar-refractivity contribution in [3.63, 3.8) is 0 Å². The van der Waals surface area contributed by atoms with Crippen molar-refractivity contribution < 1.29 is 9.59 Å². The van der Waals surface area contributed by atoms with Gasteiger partial charge >= 0.3 is 0 Å². The highest BCUT2D eigenvalue weighted by Crippen LogP contribution is 2.44. The van der Waals surface area contributed by atoms with Crippen molar-refractivity contribution in [1.29, 1.82) is 0 Å². The number of benzene rings is 2. The summed E-state index contributed by atoms with van der Waals surface area (Å²) in [5.41, 5.74) is 2.13. The predicted octanol–water partition coefficient (Wildman–Crippen LogP) is 3.94. The second kappa shape index (κ2) is 5.85. The lowest BCUT2D eigenvalue weighted by atomic mass is 9.81. The number of hydrogen-bond donors (Lipinski definition) is 0. The molecule has 0 aromatic heterocycles. The fourth-order valence-corrected chi connectivity index (χ4v) is 4.10. The van der Waals surface area contributed by atoms with Crippen LogP contribution in [0.15, 0.2) is 53.4 Å². The first-order valence-electron chi connectivity index (χ1n) is 7.57. The maximum atomic E-state index is 12.7. The van der Waals surface area contributed by atoms with Crippen molar-refractivity contribution in [2.24, 2.45) is 0 Å². The van der Waals surface area contributed by atoms with E-state index in [0.717, 1.165) is 21.7 Å². The van der Waals surface area contributed by atoms with E-state index < -0.39 is 5.41 Å². The number of carbonyl (C=O) groups excluding carboxylic acids is 2. The third-order valence-corrected chi connectivity index (χ3v) is 5.50. The van der Waals surface area contributed by atoms with Crippen LogP contribution in [0.3, 0.4) is 0 Å². The van der Waals surface area contributed by atoms with Crippen molar-refractivity contribution in [2.75, 3.05) is 11.9 Å². The summed E-state index contributed by atoms with van der Waals surface area (Å²) in [5.74, 6) is -0.0163. The lowest BCUT2D eigenvalue weighted by Gasteiger charge is -2.22. The molecule has 0 saturated carbocycles. The van der Waals surface area contributed by atoms with E-state index in [4.69, 9.17) is 0 Å². The molecule has 0 bridgehead atoms. The second-order valence-electron chi connectivity index (χ2n) is 6.13. The maximum absolute atomic E-state index is 12.7. The Morgan fingerprint density at radius 2 is 1.78 bits per heavy atom. The van der Waals surface area contributed by atoms with Gasteiger partial charge in [-0.15, -0.1) is 0 Å². The minimum atomic E-state index is -0.780. The molecular weight excluding hydrogens is 306 g/mol. The Balaban J connectivity index is 1.86. The highest BCUT2D eigenvalue weighted by atomic mass is 32.2.